The zero-order chi connectivity index (χ0) is 31.1. The molecule has 1 aliphatic heterocycles. The zero-order valence-corrected chi connectivity index (χ0v) is 25.8. The van der Waals surface area contributed by atoms with Gasteiger partial charge in [0.15, 0.2) is 4.80 Å². The Balaban J connectivity index is 1.45. The Morgan fingerprint density at radius 1 is 0.956 bits per heavy atom. The summed E-state index contributed by atoms with van der Waals surface area (Å²) in [6, 6.07) is 32.4. The molecule has 0 aliphatic carbocycles. The number of benzene rings is 4. The zero-order valence-electron chi connectivity index (χ0n) is 25.0. The van der Waals surface area contributed by atoms with Gasteiger partial charge in [-0.05, 0) is 60.9 Å². The van der Waals surface area contributed by atoms with Gasteiger partial charge in [-0.15, -0.1) is 0 Å². The number of rotatable bonds is 6. The number of hydrogen-bond donors (Lipinski definition) is 2. The minimum Gasteiger partial charge on any atom is -0.497 e. The number of nitrogens with one attached hydrogen (secondary N) is 2. The van der Waals surface area contributed by atoms with Crippen LogP contribution in [-0.2, 0) is 4.79 Å². The number of aryl methyl sites for hydroxylation is 1. The van der Waals surface area contributed by atoms with Crippen molar-refractivity contribution in [2.75, 3.05) is 12.4 Å². The lowest BCUT2D eigenvalue weighted by molar-refractivity contribution is -0.113. The summed E-state index contributed by atoms with van der Waals surface area (Å²) in [6.45, 7) is 3.89. The minimum absolute atomic E-state index is 0.218. The third kappa shape index (κ3) is 5.09. The van der Waals surface area contributed by atoms with Gasteiger partial charge in [0, 0.05) is 22.2 Å². The summed E-state index contributed by atoms with van der Waals surface area (Å²) >= 11 is 1.32. The highest BCUT2D eigenvalue weighted by Gasteiger charge is 2.33. The first-order chi connectivity index (χ1) is 21.9. The molecule has 222 valence electrons. The Morgan fingerprint density at radius 2 is 1.69 bits per heavy atom. The van der Waals surface area contributed by atoms with E-state index < -0.39 is 6.04 Å². The average molecular weight is 611 g/mol. The van der Waals surface area contributed by atoms with E-state index in [9.17, 15) is 9.59 Å². The molecule has 0 spiro atoms. The Bertz CT molecular complexity index is 2300. The number of aromatic nitrogens is 2. The van der Waals surface area contributed by atoms with Gasteiger partial charge >= 0.3 is 0 Å². The number of fused-ring (bicyclic) bond motifs is 2. The number of nitrogens with zero attached hydrogens (tertiary/aromatic N) is 2. The number of ether oxygens (including phenoxy) is 1. The van der Waals surface area contributed by atoms with Gasteiger partial charge < -0.3 is 15.0 Å². The average Bonchev–Trinajstić information content (AvgIpc) is 3.59. The van der Waals surface area contributed by atoms with Crippen LogP contribution in [0, 0.1) is 6.92 Å². The van der Waals surface area contributed by atoms with Crippen LogP contribution in [-0.4, -0.2) is 22.6 Å². The number of para-hydroxylation sites is 2. The van der Waals surface area contributed by atoms with Crippen LogP contribution >= 0.6 is 11.3 Å². The molecule has 0 radical (unpaired) electrons. The maximum Gasteiger partial charge on any atom is 0.271 e. The molecule has 2 aromatic heterocycles. The Kier molecular flexibility index (Phi) is 7.27. The van der Waals surface area contributed by atoms with Crippen LogP contribution in [0.15, 0.2) is 124 Å². The van der Waals surface area contributed by atoms with Crippen molar-refractivity contribution >= 4 is 39.9 Å². The maximum atomic E-state index is 14.4. The summed E-state index contributed by atoms with van der Waals surface area (Å²) in [5, 5.41) is 4.03. The maximum absolute atomic E-state index is 14.4. The van der Waals surface area contributed by atoms with Crippen molar-refractivity contribution in [1.82, 2.24) is 9.55 Å². The number of anilines is 1. The lowest BCUT2D eigenvalue weighted by Crippen LogP contribution is -2.40. The summed E-state index contributed by atoms with van der Waals surface area (Å²) in [6.07, 6.45) is 1.95. The molecule has 3 heterocycles. The molecule has 45 heavy (non-hydrogen) atoms. The lowest BCUT2D eigenvalue weighted by Gasteiger charge is -2.25. The SMILES string of the molecule is COc1cccc([C@@H]2C(C(=O)Nc3ccccc3)=C(C)N=c3s/c(=C\c4c(-c5ccccc5)[nH]c5c(C)cccc45)c(=O)n32)c1. The van der Waals surface area contributed by atoms with Crippen LogP contribution in [0.25, 0.3) is 28.2 Å². The first kappa shape index (κ1) is 28.3. The molecule has 0 unspecified atom stereocenters. The molecule has 1 atom stereocenters. The first-order valence-electron chi connectivity index (χ1n) is 14.6. The fourth-order valence-electron chi connectivity index (χ4n) is 5.96. The standard InChI is InChI=1S/C37H30N4O3S/c1-22-12-10-19-28-29(33(40-32(22)28)24-13-6-4-7-14-24)21-30-36(43)41-34(25-15-11-18-27(20-25)44-3)31(23(2)38-37(41)45-30)35(42)39-26-16-8-5-9-17-26/h4-21,34,40H,1-3H3,(H,39,42)/b30-21-/t34-/m1/s1. The van der Waals surface area contributed by atoms with Gasteiger partial charge in [0.25, 0.3) is 11.5 Å². The van der Waals surface area contributed by atoms with Crippen LogP contribution in [0.5, 0.6) is 5.75 Å². The van der Waals surface area contributed by atoms with Crippen LogP contribution < -0.4 is 24.9 Å². The molecule has 7 nitrogen and oxygen atoms in total. The Hall–Kier alpha value is -5.47. The van der Waals surface area contributed by atoms with Gasteiger partial charge in [0.1, 0.15) is 5.75 Å². The van der Waals surface area contributed by atoms with Gasteiger partial charge in [0.05, 0.1) is 34.6 Å². The quantitative estimate of drug-likeness (QED) is 0.231. The summed E-state index contributed by atoms with van der Waals surface area (Å²) in [7, 11) is 1.60. The molecular formula is C37H30N4O3S. The normalized spacial score (nSPS) is 14.7. The molecule has 0 fully saturated rings. The second kappa shape index (κ2) is 11.6. The van der Waals surface area contributed by atoms with E-state index in [1.807, 2.05) is 91.9 Å². The highest BCUT2D eigenvalue weighted by molar-refractivity contribution is 7.07. The summed E-state index contributed by atoms with van der Waals surface area (Å²) in [5.74, 6) is 0.316. The number of carbonyl (C=O) groups is 1. The second-order valence-electron chi connectivity index (χ2n) is 11.0. The van der Waals surface area contributed by atoms with E-state index in [0.29, 0.717) is 32.0 Å². The van der Waals surface area contributed by atoms with E-state index >= 15 is 0 Å². The van der Waals surface area contributed by atoms with E-state index in [2.05, 4.69) is 41.5 Å². The molecule has 1 amide bonds. The number of thiazole rings is 1. The number of carbonyl (C=O) groups excluding carboxylic acids is 1. The molecule has 0 saturated heterocycles. The van der Waals surface area contributed by atoms with Crippen molar-refractivity contribution in [3.63, 3.8) is 0 Å². The predicted molar refractivity (Wildman–Crippen MR) is 180 cm³/mol. The molecule has 0 bridgehead atoms. The van der Waals surface area contributed by atoms with Crippen molar-refractivity contribution in [2.45, 2.75) is 19.9 Å². The van der Waals surface area contributed by atoms with Crippen molar-refractivity contribution < 1.29 is 9.53 Å². The van der Waals surface area contributed by atoms with Gasteiger partial charge in [-0.3, -0.25) is 14.2 Å². The topological polar surface area (TPSA) is 88.5 Å². The molecule has 7 rings (SSSR count). The number of allylic oxidation sites excluding steroid dienone is 1. The summed E-state index contributed by atoms with van der Waals surface area (Å²) in [4.78, 5) is 37.3. The number of hydrogen-bond acceptors (Lipinski definition) is 5. The van der Waals surface area contributed by atoms with E-state index in [1.54, 1.807) is 11.7 Å². The molecule has 0 saturated carbocycles. The summed E-state index contributed by atoms with van der Waals surface area (Å²) < 4.78 is 7.69. The van der Waals surface area contributed by atoms with Crippen molar-refractivity contribution in [3.8, 4) is 17.0 Å². The van der Waals surface area contributed by atoms with E-state index in [0.717, 1.165) is 38.9 Å². The number of H-pyrrole nitrogens is 1. The third-order valence-corrected chi connectivity index (χ3v) is 9.11. The van der Waals surface area contributed by atoms with Crippen LogP contribution in [0.2, 0.25) is 0 Å². The monoisotopic (exact) mass is 610 g/mol. The Morgan fingerprint density at radius 3 is 2.44 bits per heavy atom. The van der Waals surface area contributed by atoms with Crippen molar-refractivity contribution in [1.29, 1.82) is 0 Å². The fourth-order valence-corrected chi connectivity index (χ4v) is 6.99. The lowest BCUT2D eigenvalue weighted by atomic mass is 9.95. The van der Waals surface area contributed by atoms with E-state index in [-0.39, 0.29) is 11.5 Å². The first-order valence-corrected chi connectivity index (χ1v) is 15.4. The molecule has 8 heteroatoms. The smallest absolute Gasteiger partial charge is 0.271 e. The van der Waals surface area contributed by atoms with Crippen LogP contribution in [0.3, 0.4) is 0 Å². The van der Waals surface area contributed by atoms with Crippen LogP contribution in [0.1, 0.15) is 29.7 Å². The molecule has 6 aromatic rings. The van der Waals surface area contributed by atoms with E-state index in [1.165, 1.54) is 11.3 Å². The molecule has 4 aromatic carbocycles. The highest BCUT2D eigenvalue weighted by atomic mass is 32.1. The minimum atomic E-state index is -0.707. The van der Waals surface area contributed by atoms with Gasteiger partial charge in [-0.25, -0.2) is 4.99 Å². The van der Waals surface area contributed by atoms with Crippen LogP contribution in [0.4, 0.5) is 5.69 Å². The van der Waals surface area contributed by atoms with Gasteiger partial charge in [-0.1, -0.05) is 90.2 Å². The van der Waals surface area contributed by atoms with E-state index in [4.69, 9.17) is 9.73 Å². The third-order valence-electron chi connectivity index (χ3n) is 8.13. The largest absolute Gasteiger partial charge is 0.497 e. The molecular weight excluding hydrogens is 580 g/mol. The highest BCUT2D eigenvalue weighted by Crippen LogP contribution is 2.34. The number of methoxy groups -OCH3 is 1. The summed E-state index contributed by atoms with van der Waals surface area (Å²) in [5.41, 5.74) is 7.19. The fraction of sp³-hybridized carbons (Fsp3) is 0.108. The van der Waals surface area contributed by atoms with Gasteiger partial charge in [0.2, 0.25) is 0 Å². The van der Waals surface area contributed by atoms with Gasteiger partial charge in [-0.2, -0.15) is 0 Å². The number of aromatic amines is 1. The van der Waals surface area contributed by atoms with Crippen molar-refractivity contribution in [2.24, 2.45) is 4.99 Å². The molecule has 2 N–H and O–H groups in total. The van der Waals surface area contributed by atoms with Crippen molar-refractivity contribution in [3.05, 3.63) is 151 Å². The molecule has 1 aliphatic rings. The number of amides is 1. The second-order valence-corrected chi connectivity index (χ2v) is 12.0. The predicted octanol–water partition coefficient (Wildman–Crippen LogP) is 6.34. The Labute approximate surface area is 263 Å².